The van der Waals surface area contributed by atoms with Gasteiger partial charge in [0, 0.05) is 30.2 Å². The van der Waals surface area contributed by atoms with E-state index in [0.717, 1.165) is 17.1 Å². The van der Waals surface area contributed by atoms with E-state index in [0.29, 0.717) is 5.69 Å². The van der Waals surface area contributed by atoms with Crippen molar-refractivity contribution in [2.45, 2.75) is 18.4 Å². The fourth-order valence-electron chi connectivity index (χ4n) is 3.37. The monoisotopic (exact) mass is 480 g/mol. The molecule has 3 aromatic carbocycles. The van der Waals surface area contributed by atoms with Gasteiger partial charge >= 0.3 is 0 Å². The number of sulfonamides is 1. The maximum Gasteiger partial charge on any atom is 0.263 e. The van der Waals surface area contributed by atoms with Crippen LogP contribution in [-0.2, 0) is 16.6 Å². The van der Waals surface area contributed by atoms with Crippen LogP contribution in [0, 0.1) is 6.92 Å². The highest BCUT2D eigenvalue weighted by Gasteiger charge is 2.20. The standard InChI is InChI=1S/C24H21ClN4O3S/c1-17-26-13-14-29(17)22-10-6-5-7-19(22)16-27-24(30)18-11-12-21(25)23(15-18)33(31,32)28-20-8-3-2-4-9-20/h2-15,28H,16H2,1H3,(H,27,30). The molecule has 0 aliphatic carbocycles. The van der Waals surface area contributed by atoms with Crippen molar-refractivity contribution in [2.75, 3.05) is 4.72 Å². The largest absolute Gasteiger partial charge is 0.348 e. The Morgan fingerprint density at radius 1 is 1.03 bits per heavy atom. The molecule has 0 fully saturated rings. The minimum absolute atomic E-state index is 0.0240. The zero-order chi connectivity index (χ0) is 23.4. The van der Waals surface area contributed by atoms with Crippen molar-refractivity contribution < 1.29 is 13.2 Å². The van der Waals surface area contributed by atoms with E-state index in [4.69, 9.17) is 11.6 Å². The SMILES string of the molecule is Cc1nccn1-c1ccccc1CNC(=O)c1ccc(Cl)c(S(=O)(=O)Nc2ccccc2)c1. The molecule has 0 spiro atoms. The Hall–Kier alpha value is -3.62. The summed E-state index contributed by atoms with van der Waals surface area (Å²) >= 11 is 6.16. The molecule has 0 unspecified atom stereocenters. The van der Waals surface area contributed by atoms with Crippen LogP contribution in [0.25, 0.3) is 5.69 Å². The van der Waals surface area contributed by atoms with Gasteiger partial charge in [-0.25, -0.2) is 13.4 Å². The number of hydrogen-bond donors (Lipinski definition) is 2. The first-order chi connectivity index (χ1) is 15.8. The van der Waals surface area contributed by atoms with E-state index in [1.165, 1.54) is 18.2 Å². The van der Waals surface area contributed by atoms with Gasteiger partial charge in [0.25, 0.3) is 15.9 Å². The van der Waals surface area contributed by atoms with E-state index in [1.54, 1.807) is 36.5 Å². The smallest absolute Gasteiger partial charge is 0.263 e. The van der Waals surface area contributed by atoms with Crippen LogP contribution in [0.1, 0.15) is 21.7 Å². The summed E-state index contributed by atoms with van der Waals surface area (Å²) in [6, 6.07) is 20.3. The van der Waals surface area contributed by atoms with E-state index in [9.17, 15) is 13.2 Å². The molecule has 1 heterocycles. The number of anilines is 1. The summed E-state index contributed by atoms with van der Waals surface area (Å²) in [6.07, 6.45) is 3.57. The second-order valence-electron chi connectivity index (χ2n) is 7.27. The van der Waals surface area contributed by atoms with Crippen LogP contribution in [0.4, 0.5) is 5.69 Å². The van der Waals surface area contributed by atoms with Crippen molar-refractivity contribution in [3.8, 4) is 5.69 Å². The van der Waals surface area contributed by atoms with Gasteiger partial charge in [-0.3, -0.25) is 9.52 Å². The molecule has 0 saturated heterocycles. The number of aryl methyl sites for hydroxylation is 1. The Morgan fingerprint density at radius 2 is 1.76 bits per heavy atom. The lowest BCUT2D eigenvalue weighted by atomic mass is 10.1. The lowest BCUT2D eigenvalue weighted by Crippen LogP contribution is -2.24. The first-order valence-electron chi connectivity index (χ1n) is 10.1. The molecule has 0 aliphatic rings. The van der Waals surface area contributed by atoms with Crippen molar-refractivity contribution in [1.29, 1.82) is 0 Å². The summed E-state index contributed by atoms with van der Waals surface area (Å²) in [7, 11) is -3.98. The molecule has 0 bridgehead atoms. The van der Waals surface area contributed by atoms with Crippen molar-refractivity contribution in [1.82, 2.24) is 14.9 Å². The number of para-hydroxylation sites is 2. The van der Waals surface area contributed by atoms with Gasteiger partial charge in [0.05, 0.1) is 10.7 Å². The van der Waals surface area contributed by atoms with E-state index in [-0.39, 0.29) is 22.0 Å². The van der Waals surface area contributed by atoms with Gasteiger partial charge < -0.3 is 9.88 Å². The number of rotatable bonds is 7. The number of imidazole rings is 1. The lowest BCUT2D eigenvalue weighted by molar-refractivity contribution is 0.0950. The Balaban J connectivity index is 1.54. The van der Waals surface area contributed by atoms with Crippen LogP contribution >= 0.6 is 11.6 Å². The molecule has 1 amide bonds. The number of halogens is 1. The first-order valence-corrected chi connectivity index (χ1v) is 11.9. The van der Waals surface area contributed by atoms with Gasteiger partial charge in [-0.15, -0.1) is 0 Å². The predicted molar refractivity (Wildman–Crippen MR) is 128 cm³/mol. The molecule has 0 atom stereocenters. The fourth-order valence-corrected chi connectivity index (χ4v) is 4.96. The predicted octanol–water partition coefficient (Wildman–Crippen LogP) is 4.56. The number of nitrogens with zero attached hydrogens (tertiary/aromatic N) is 2. The van der Waals surface area contributed by atoms with Gasteiger partial charge in [-0.2, -0.15) is 0 Å². The van der Waals surface area contributed by atoms with Gasteiger partial charge in [-0.05, 0) is 48.9 Å². The Kier molecular flexibility index (Phi) is 6.48. The molecule has 9 heteroatoms. The third kappa shape index (κ3) is 5.08. The summed E-state index contributed by atoms with van der Waals surface area (Å²) in [5.74, 6) is 0.409. The highest BCUT2D eigenvalue weighted by molar-refractivity contribution is 7.92. The van der Waals surface area contributed by atoms with Crippen LogP contribution in [0.15, 0.2) is 90.1 Å². The number of hydrogen-bond acceptors (Lipinski definition) is 4. The van der Waals surface area contributed by atoms with Crippen LogP contribution in [0.2, 0.25) is 5.02 Å². The quantitative estimate of drug-likeness (QED) is 0.405. The number of benzene rings is 3. The number of aromatic nitrogens is 2. The molecule has 7 nitrogen and oxygen atoms in total. The van der Waals surface area contributed by atoms with Crippen molar-refractivity contribution in [3.63, 3.8) is 0 Å². The molecule has 2 N–H and O–H groups in total. The first kappa shape index (κ1) is 22.6. The molecule has 4 aromatic rings. The summed E-state index contributed by atoms with van der Waals surface area (Å²) < 4.78 is 30.1. The van der Waals surface area contributed by atoms with Gasteiger partial charge in [0.15, 0.2) is 0 Å². The van der Waals surface area contributed by atoms with E-state index in [2.05, 4.69) is 15.0 Å². The molecular formula is C24H21ClN4O3S. The second kappa shape index (κ2) is 9.48. The number of carbonyl (C=O) groups excluding carboxylic acids is 1. The molecule has 1 aromatic heterocycles. The summed E-state index contributed by atoms with van der Waals surface area (Å²) in [4.78, 5) is 16.9. The van der Waals surface area contributed by atoms with Crippen LogP contribution in [-0.4, -0.2) is 23.9 Å². The van der Waals surface area contributed by atoms with E-state index in [1.807, 2.05) is 42.0 Å². The molecule has 33 heavy (non-hydrogen) atoms. The maximum absolute atomic E-state index is 12.8. The number of carbonyl (C=O) groups is 1. The molecule has 168 valence electrons. The summed E-state index contributed by atoms with van der Waals surface area (Å²) in [6.45, 7) is 2.15. The zero-order valence-electron chi connectivity index (χ0n) is 17.7. The average molecular weight is 481 g/mol. The number of amides is 1. The fraction of sp³-hybridized carbons (Fsp3) is 0.0833. The molecule has 0 aliphatic heterocycles. The Morgan fingerprint density at radius 3 is 2.48 bits per heavy atom. The minimum atomic E-state index is -3.98. The topological polar surface area (TPSA) is 93.1 Å². The third-order valence-electron chi connectivity index (χ3n) is 5.03. The van der Waals surface area contributed by atoms with Crippen LogP contribution in [0.5, 0.6) is 0 Å². The molecule has 4 rings (SSSR count). The average Bonchev–Trinajstić information content (AvgIpc) is 3.24. The van der Waals surface area contributed by atoms with Gasteiger partial charge in [0.1, 0.15) is 10.7 Å². The molecular weight excluding hydrogens is 460 g/mol. The third-order valence-corrected chi connectivity index (χ3v) is 6.89. The van der Waals surface area contributed by atoms with Crippen LogP contribution < -0.4 is 10.0 Å². The Bertz CT molecular complexity index is 1400. The lowest BCUT2D eigenvalue weighted by Gasteiger charge is -2.14. The normalized spacial score (nSPS) is 11.2. The van der Waals surface area contributed by atoms with Crippen molar-refractivity contribution in [2.24, 2.45) is 0 Å². The van der Waals surface area contributed by atoms with Crippen LogP contribution in [0.3, 0.4) is 0 Å². The van der Waals surface area contributed by atoms with Gasteiger partial charge in [-0.1, -0.05) is 48.0 Å². The van der Waals surface area contributed by atoms with Crippen molar-refractivity contribution >= 4 is 33.2 Å². The van der Waals surface area contributed by atoms with Crippen molar-refractivity contribution in [3.05, 3.63) is 107 Å². The molecule has 0 radical (unpaired) electrons. The van der Waals surface area contributed by atoms with Gasteiger partial charge in [0.2, 0.25) is 0 Å². The highest BCUT2D eigenvalue weighted by Crippen LogP contribution is 2.25. The Labute approximate surface area is 197 Å². The highest BCUT2D eigenvalue weighted by atomic mass is 35.5. The van der Waals surface area contributed by atoms with E-state index >= 15 is 0 Å². The summed E-state index contributed by atoms with van der Waals surface area (Å²) in [5.41, 5.74) is 2.37. The van der Waals surface area contributed by atoms with E-state index < -0.39 is 15.9 Å². The number of nitrogens with one attached hydrogen (secondary N) is 2. The second-order valence-corrected chi connectivity index (χ2v) is 9.33. The molecule has 0 saturated carbocycles. The maximum atomic E-state index is 12.8. The minimum Gasteiger partial charge on any atom is -0.348 e. The summed E-state index contributed by atoms with van der Waals surface area (Å²) in [5, 5.41) is 2.88. The zero-order valence-corrected chi connectivity index (χ0v) is 19.3.